The highest BCUT2D eigenvalue weighted by Crippen LogP contribution is 2.47. The van der Waals surface area contributed by atoms with E-state index in [2.05, 4.69) is 15.0 Å². The summed E-state index contributed by atoms with van der Waals surface area (Å²) >= 11 is 7.27. The van der Waals surface area contributed by atoms with Crippen LogP contribution < -0.4 is 10.0 Å². The van der Waals surface area contributed by atoms with Crippen LogP contribution in [0.2, 0.25) is 10.8 Å². The van der Waals surface area contributed by atoms with Gasteiger partial charge >= 0.3 is 0 Å². The van der Waals surface area contributed by atoms with Crippen LogP contribution in [0.3, 0.4) is 0 Å². The van der Waals surface area contributed by atoms with Gasteiger partial charge in [-0.05, 0) is 36.1 Å². The number of nitrogens with one attached hydrogen (secondary N) is 2. The number of carbonyl (C=O) groups is 1. The molecule has 8 nitrogen and oxygen atoms in total. The quantitative estimate of drug-likeness (QED) is 0.471. The number of thiophene rings is 1. The highest BCUT2D eigenvalue weighted by Gasteiger charge is 2.59. The van der Waals surface area contributed by atoms with Crippen molar-refractivity contribution in [1.82, 2.24) is 18.6 Å². The summed E-state index contributed by atoms with van der Waals surface area (Å²) in [5, 5.41) is 2.56. The lowest BCUT2D eigenvalue weighted by atomic mass is 9.47. The second-order valence-corrected chi connectivity index (χ2v) is 12.0. The Morgan fingerprint density at radius 2 is 2.00 bits per heavy atom. The van der Waals surface area contributed by atoms with Gasteiger partial charge in [0.05, 0.1) is 27.4 Å². The Morgan fingerprint density at radius 3 is 2.62 bits per heavy atom. The highest BCUT2D eigenvalue weighted by molar-refractivity contribution is 7.87. The fourth-order valence-corrected chi connectivity index (χ4v) is 7.34. The van der Waals surface area contributed by atoms with Crippen LogP contribution in [0.4, 0.5) is 10.1 Å². The van der Waals surface area contributed by atoms with E-state index >= 15 is 0 Å². The predicted molar refractivity (Wildman–Crippen MR) is 140 cm³/mol. The Hall–Kier alpha value is -2.12. The minimum absolute atomic E-state index is 0.146. The maximum Gasteiger partial charge on any atom is 0.279 e. The zero-order valence-electron chi connectivity index (χ0n) is 19.3. The summed E-state index contributed by atoms with van der Waals surface area (Å²) in [5.74, 6) is -1.68. The number of hydrogen-bond donors (Lipinski definition) is 2. The van der Waals surface area contributed by atoms with Gasteiger partial charge in [-0.15, -0.1) is 11.3 Å². The summed E-state index contributed by atoms with van der Waals surface area (Å²) in [6, 6.07) is 7.56. The lowest BCUT2D eigenvalue weighted by Crippen LogP contribution is -2.74. The zero-order chi connectivity index (χ0) is 25.1. The molecule has 15 heteroatoms. The second-order valence-electron chi connectivity index (χ2n) is 8.82. The standard InChI is InChI=1S/C19H22B3ClFN5O3S2/c1-28-8-13(25-9-28)14-5-6-15(33-14)18(21)16(20)19(22,29(2)34(31,32)27-18)17(30)26-10-3-4-12(24)11(23)7-10/h3-9,16,27H,20-22H2,1-2H3,(H,26,30)/t16?,18-,19-/m1/s1. The van der Waals surface area contributed by atoms with E-state index < -0.39 is 38.6 Å². The maximum absolute atomic E-state index is 13.6. The van der Waals surface area contributed by atoms with Crippen LogP contribution in [0.5, 0.6) is 0 Å². The number of imidazole rings is 1. The Kier molecular flexibility index (Phi) is 6.27. The number of halogens is 2. The summed E-state index contributed by atoms with van der Waals surface area (Å²) in [4.78, 5) is 19.6. The minimum atomic E-state index is -4.04. The molecule has 3 heterocycles. The van der Waals surface area contributed by atoms with Crippen molar-refractivity contribution in [2.75, 3.05) is 12.4 Å². The summed E-state index contributed by atoms with van der Waals surface area (Å²) in [7, 11) is 4.39. The molecule has 3 atom stereocenters. The van der Waals surface area contributed by atoms with E-state index in [0.717, 1.165) is 25.8 Å². The molecule has 4 rings (SSSR count). The van der Waals surface area contributed by atoms with Gasteiger partial charge in [0.15, 0.2) is 0 Å². The van der Waals surface area contributed by atoms with Crippen molar-refractivity contribution in [1.29, 1.82) is 0 Å². The maximum atomic E-state index is 13.6. The highest BCUT2D eigenvalue weighted by atomic mass is 35.5. The molecular formula is C19H22B3ClFN5O3S2. The number of carbonyl (C=O) groups excluding carboxylic acids is 1. The Morgan fingerprint density at radius 1 is 1.29 bits per heavy atom. The van der Waals surface area contributed by atoms with E-state index in [1.807, 2.05) is 37.8 Å². The van der Waals surface area contributed by atoms with Crippen molar-refractivity contribution in [3.63, 3.8) is 0 Å². The Bertz CT molecular complexity index is 1390. The number of anilines is 1. The first-order valence-electron chi connectivity index (χ1n) is 10.4. The number of amides is 1. The van der Waals surface area contributed by atoms with Crippen molar-refractivity contribution in [2.24, 2.45) is 7.05 Å². The van der Waals surface area contributed by atoms with Crippen molar-refractivity contribution in [3.05, 3.63) is 58.6 Å². The fourth-order valence-electron chi connectivity index (χ4n) is 4.24. The number of benzene rings is 1. The van der Waals surface area contributed by atoms with Crippen molar-refractivity contribution in [2.45, 2.75) is 16.7 Å². The molecule has 1 aliphatic rings. The SMILES string of the molecule is BC1[C@](B)(C(=O)Nc2ccc(F)c(Cl)c2)N(C)S(=O)(=O)N[C@]1(B)c1ccc(-c2cn(C)cn2)s1. The van der Waals surface area contributed by atoms with Crippen LogP contribution in [-0.4, -0.2) is 64.2 Å². The summed E-state index contributed by atoms with van der Waals surface area (Å²) in [6.07, 6.45) is 3.58. The number of aryl methyl sites for hydroxylation is 1. The topological polar surface area (TPSA) is 96.3 Å². The van der Waals surface area contributed by atoms with Crippen LogP contribution in [0.1, 0.15) is 4.88 Å². The number of likely N-dealkylation sites (N-methyl/N-ethyl adjacent to an activating group) is 1. The summed E-state index contributed by atoms with van der Waals surface area (Å²) in [5.41, 5.74) is -1.52. The van der Waals surface area contributed by atoms with Crippen LogP contribution in [0.25, 0.3) is 10.6 Å². The first-order chi connectivity index (χ1) is 15.8. The fraction of sp³-hybridized carbons (Fsp3) is 0.263. The molecule has 0 spiro atoms. The Balaban J connectivity index is 1.74. The van der Waals surface area contributed by atoms with Gasteiger partial charge in [-0.25, -0.2) is 9.37 Å². The van der Waals surface area contributed by atoms with E-state index in [9.17, 15) is 17.6 Å². The summed E-state index contributed by atoms with van der Waals surface area (Å²) < 4.78 is 45.7. The third kappa shape index (κ3) is 4.01. The van der Waals surface area contributed by atoms with E-state index in [0.29, 0.717) is 0 Å². The summed E-state index contributed by atoms with van der Waals surface area (Å²) in [6.45, 7) is 0. The zero-order valence-corrected chi connectivity index (χ0v) is 21.6. The van der Waals surface area contributed by atoms with E-state index in [1.165, 1.54) is 30.5 Å². The van der Waals surface area contributed by atoms with Crippen molar-refractivity contribution in [3.8, 4) is 10.6 Å². The van der Waals surface area contributed by atoms with Gasteiger partial charge in [-0.1, -0.05) is 11.6 Å². The molecule has 1 unspecified atom stereocenters. The van der Waals surface area contributed by atoms with Gasteiger partial charge in [-0.2, -0.15) is 17.4 Å². The largest absolute Gasteiger partial charge is 0.340 e. The van der Waals surface area contributed by atoms with Gasteiger partial charge in [-0.3, -0.25) is 4.79 Å². The molecule has 176 valence electrons. The molecule has 1 saturated heterocycles. The molecule has 2 N–H and O–H groups in total. The smallest absolute Gasteiger partial charge is 0.279 e. The molecule has 2 aromatic heterocycles. The van der Waals surface area contributed by atoms with Crippen molar-refractivity contribution >= 4 is 68.3 Å². The predicted octanol–water partition coefficient (Wildman–Crippen LogP) is -0.104. The molecule has 1 aromatic carbocycles. The number of hydrogen-bond acceptors (Lipinski definition) is 5. The lowest BCUT2D eigenvalue weighted by molar-refractivity contribution is -0.122. The van der Waals surface area contributed by atoms with Crippen LogP contribution in [0, 0.1) is 5.82 Å². The molecule has 1 fully saturated rings. The van der Waals surface area contributed by atoms with Gasteiger partial charge in [0, 0.05) is 36.3 Å². The average molecular weight is 519 g/mol. The van der Waals surface area contributed by atoms with E-state index in [1.54, 1.807) is 22.0 Å². The second kappa shape index (κ2) is 8.52. The van der Waals surface area contributed by atoms with Gasteiger partial charge < -0.3 is 9.88 Å². The van der Waals surface area contributed by atoms with Crippen LogP contribution in [0.15, 0.2) is 42.9 Å². The molecule has 3 aromatic rings. The number of rotatable bonds is 4. The molecule has 0 radical (unpaired) electrons. The molecule has 1 aliphatic heterocycles. The molecule has 0 aliphatic carbocycles. The molecule has 34 heavy (non-hydrogen) atoms. The van der Waals surface area contributed by atoms with Gasteiger partial charge in [0.2, 0.25) is 5.91 Å². The van der Waals surface area contributed by atoms with Gasteiger partial charge in [0.1, 0.15) is 29.4 Å². The van der Waals surface area contributed by atoms with E-state index in [4.69, 9.17) is 11.6 Å². The molecule has 0 bridgehead atoms. The van der Waals surface area contributed by atoms with E-state index in [-0.39, 0.29) is 10.7 Å². The lowest BCUT2D eigenvalue weighted by Gasteiger charge is -2.54. The monoisotopic (exact) mass is 519 g/mol. The first-order valence-corrected chi connectivity index (χ1v) is 13.1. The third-order valence-electron chi connectivity index (χ3n) is 6.78. The molecule has 1 amide bonds. The molecule has 0 saturated carbocycles. The normalized spacial score (nSPS) is 26.9. The van der Waals surface area contributed by atoms with Crippen LogP contribution in [-0.2, 0) is 27.5 Å². The minimum Gasteiger partial charge on any atom is -0.340 e. The Labute approximate surface area is 209 Å². The van der Waals surface area contributed by atoms with Gasteiger partial charge in [0.25, 0.3) is 10.2 Å². The van der Waals surface area contributed by atoms with Crippen molar-refractivity contribution < 1.29 is 17.6 Å². The molecular weight excluding hydrogens is 497 g/mol. The first kappa shape index (κ1) is 25.0. The average Bonchev–Trinajstić information content (AvgIpc) is 3.43. The third-order valence-corrected chi connectivity index (χ3v) is 10.2. The van der Waals surface area contributed by atoms with Crippen LogP contribution >= 0.6 is 22.9 Å². The number of aromatic nitrogens is 2. The number of nitrogens with zero attached hydrogens (tertiary/aromatic N) is 3.